The van der Waals surface area contributed by atoms with Gasteiger partial charge in [-0.3, -0.25) is 0 Å². The van der Waals surface area contributed by atoms with Crippen molar-refractivity contribution in [1.29, 1.82) is 0 Å². The monoisotopic (exact) mass is 148 g/mol. The van der Waals surface area contributed by atoms with Crippen LogP contribution >= 0.6 is 8.46 Å². The molecule has 0 saturated heterocycles. The number of hydrogen-bond acceptors (Lipinski definition) is 1. The second kappa shape index (κ2) is 5.13. The Morgan fingerprint density at radius 3 is 2.00 bits per heavy atom. The third kappa shape index (κ3) is 3.12. The van der Waals surface area contributed by atoms with Crippen LogP contribution in [0.25, 0.3) is 0 Å². The van der Waals surface area contributed by atoms with Gasteiger partial charge in [0.1, 0.15) is 0 Å². The van der Waals surface area contributed by atoms with E-state index in [1.807, 2.05) is 30.3 Å². The van der Waals surface area contributed by atoms with Gasteiger partial charge in [0.15, 0.2) is 5.30 Å². The molecule has 1 unspecified atom stereocenters. The van der Waals surface area contributed by atoms with E-state index in [0.717, 1.165) is 5.30 Å². The van der Waals surface area contributed by atoms with Crippen molar-refractivity contribution in [2.75, 3.05) is 0 Å². The number of benzene rings is 1. The van der Waals surface area contributed by atoms with E-state index in [2.05, 4.69) is 0 Å². The summed E-state index contributed by atoms with van der Waals surface area (Å²) in [6.07, 6.45) is 0. The van der Waals surface area contributed by atoms with Crippen molar-refractivity contribution in [3.8, 4) is 0 Å². The van der Waals surface area contributed by atoms with Crippen molar-refractivity contribution in [2.45, 2.75) is 0 Å². The van der Waals surface area contributed by atoms with Crippen molar-refractivity contribution >= 4 is 43.3 Å². The summed E-state index contributed by atoms with van der Waals surface area (Å²) in [5.41, 5.74) is 0. The summed E-state index contributed by atoms with van der Waals surface area (Å²) >= 11 is 0. The van der Waals surface area contributed by atoms with Crippen LogP contribution in [0.3, 0.4) is 0 Å². The van der Waals surface area contributed by atoms with Gasteiger partial charge in [0.2, 0.25) is 0 Å². The van der Waals surface area contributed by atoms with E-state index in [9.17, 15) is 4.57 Å². The van der Waals surface area contributed by atoms with Crippen molar-refractivity contribution < 1.29 is 4.57 Å². The largest absolute Gasteiger partial charge is 0.363 e. The Labute approximate surface area is 78.0 Å². The fourth-order valence-corrected chi connectivity index (χ4v) is 0.835. The molecule has 1 aromatic rings. The zero-order valence-corrected chi connectivity index (χ0v) is 8.29. The molecule has 0 aromatic heterocycles. The van der Waals surface area contributed by atoms with Crippen molar-refractivity contribution in [2.24, 2.45) is 0 Å². The Hall–Kier alpha value is 0.320. The zero-order valence-electron chi connectivity index (χ0n) is 5.29. The maximum Gasteiger partial charge on any atom is 0.363 e. The number of rotatable bonds is 1. The molecule has 0 aliphatic carbocycles. The molecule has 0 aliphatic heterocycles. The average Bonchev–Trinajstić information content (AvgIpc) is 1.90. The summed E-state index contributed by atoms with van der Waals surface area (Å²) in [4.78, 5) is 0. The third-order valence-corrected chi connectivity index (χ3v) is 1.46. The average molecular weight is 148 g/mol. The Balaban J connectivity index is 0.000000640. The van der Waals surface area contributed by atoms with Crippen molar-refractivity contribution in [3.63, 3.8) is 0 Å². The van der Waals surface area contributed by atoms with E-state index in [4.69, 9.17) is 0 Å². The van der Waals surface area contributed by atoms with Crippen LogP contribution in [0.1, 0.15) is 0 Å². The standard InChI is InChI=1S/C6H5OP.Na/c7-8-6-4-2-1-3-5-6;/h1-5H;/p+1. The summed E-state index contributed by atoms with van der Waals surface area (Å²) in [5.74, 6) is 0. The summed E-state index contributed by atoms with van der Waals surface area (Å²) < 4.78 is 10.2. The second-order valence-electron chi connectivity index (χ2n) is 1.47. The fourth-order valence-electron chi connectivity index (χ4n) is 0.506. The Morgan fingerprint density at radius 2 is 1.67 bits per heavy atom. The SMILES string of the molecule is O=[PH+]c1ccccc1.[Na]. The van der Waals surface area contributed by atoms with Gasteiger partial charge in [-0.2, -0.15) is 0 Å². The Morgan fingerprint density at radius 1 is 1.11 bits per heavy atom. The van der Waals surface area contributed by atoms with Crippen LogP contribution in [0.4, 0.5) is 0 Å². The van der Waals surface area contributed by atoms with Gasteiger partial charge in [-0.25, -0.2) is 0 Å². The normalized spacial score (nSPS) is 8.44. The molecule has 1 nitrogen and oxygen atoms in total. The first-order chi connectivity index (χ1) is 3.93. The van der Waals surface area contributed by atoms with Crippen LogP contribution in [0.2, 0.25) is 0 Å². The first-order valence-electron chi connectivity index (χ1n) is 2.36. The molecule has 41 valence electrons. The maximum atomic E-state index is 10.2. The van der Waals surface area contributed by atoms with E-state index in [1.54, 1.807) is 0 Å². The summed E-state index contributed by atoms with van der Waals surface area (Å²) in [6.45, 7) is 0. The van der Waals surface area contributed by atoms with Crippen LogP contribution in [-0.2, 0) is 4.57 Å². The van der Waals surface area contributed by atoms with E-state index >= 15 is 0 Å². The summed E-state index contributed by atoms with van der Waals surface area (Å²) in [7, 11) is -0.320. The molecule has 0 saturated carbocycles. The second-order valence-corrected chi connectivity index (χ2v) is 2.25. The molecule has 0 fully saturated rings. The molecule has 1 radical (unpaired) electrons. The van der Waals surface area contributed by atoms with Gasteiger partial charge in [-0.05, 0) is 12.1 Å². The Bertz CT molecular complexity index is 176. The van der Waals surface area contributed by atoms with E-state index < -0.39 is 0 Å². The van der Waals surface area contributed by atoms with Gasteiger partial charge in [0.05, 0.1) is 0 Å². The van der Waals surface area contributed by atoms with Crippen LogP contribution in [0.5, 0.6) is 0 Å². The van der Waals surface area contributed by atoms with Crippen LogP contribution in [-0.4, -0.2) is 29.6 Å². The predicted molar refractivity (Wildman–Crippen MR) is 40.8 cm³/mol. The van der Waals surface area contributed by atoms with Gasteiger partial charge in [-0.1, -0.05) is 22.8 Å². The molecule has 0 amide bonds. The van der Waals surface area contributed by atoms with Gasteiger partial charge >= 0.3 is 8.46 Å². The molecule has 1 rings (SSSR count). The first kappa shape index (κ1) is 9.32. The molecule has 0 bridgehead atoms. The fraction of sp³-hybridized carbons (Fsp3) is 0. The number of hydrogen-bond donors (Lipinski definition) is 0. The van der Waals surface area contributed by atoms with E-state index in [1.165, 1.54) is 0 Å². The predicted octanol–water partition coefficient (Wildman–Crippen LogP) is 0.955. The molecule has 0 aliphatic rings. The molecule has 9 heavy (non-hydrogen) atoms. The minimum Gasteiger partial charge on any atom is -0.0707 e. The molecule has 0 heterocycles. The zero-order chi connectivity index (χ0) is 5.82. The first-order valence-corrected chi connectivity index (χ1v) is 3.27. The third-order valence-electron chi connectivity index (χ3n) is 0.892. The molecule has 1 aromatic carbocycles. The molecular weight excluding hydrogens is 142 g/mol. The molecule has 1 atom stereocenters. The molecule has 0 spiro atoms. The molecular formula is C6H6NaOP+. The topological polar surface area (TPSA) is 17.1 Å². The quantitative estimate of drug-likeness (QED) is 0.428. The summed E-state index contributed by atoms with van der Waals surface area (Å²) in [6, 6.07) is 9.33. The summed E-state index contributed by atoms with van der Waals surface area (Å²) in [5, 5.41) is 0.882. The van der Waals surface area contributed by atoms with Crippen molar-refractivity contribution in [1.82, 2.24) is 0 Å². The van der Waals surface area contributed by atoms with Crippen LogP contribution in [0.15, 0.2) is 30.3 Å². The van der Waals surface area contributed by atoms with Crippen LogP contribution in [0, 0.1) is 0 Å². The van der Waals surface area contributed by atoms with Gasteiger partial charge in [0, 0.05) is 29.6 Å². The Kier molecular flexibility index (Phi) is 5.31. The van der Waals surface area contributed by atoms with Gasteiger partial charge in [0.25, 0.3) is 0 Å². The van der Waals surface area contributed by atoms with Gasteiger partial charge in [-0.15, -0.1) is 0 Å². The maximum absolute atomic E-state index is 10.2. The minimum absolute atomic E-state index is 0. The smallest absolute Gasteiger partial charge is 0.0707 e. The molecule has 0 N–H and O–H groups in total. The van der Waals surface area contributed by atoms with Crippen LogP contribution < -0.4 is 5.30 Å². The van der Waals surface area contributed by atoms with E-state index in [0.29, 0.717) is 0 Å². The van der Waals surface area contributed by atoms with E-state index in [-0.39, 0.29) is 38.0 Å². The minimum atomic E-state index is -0.320. The van der Waals surface area contributed by atoms with Crippen molar-refractivity contribution in [3.05, 3.63) is 30.3 Å². The molecule has 3 heteroatoms. The van der Waals surface area contributed by atoms with Gasteiger partial charge < -0.3 is 0 Å².